The Labute approximate surface area is 199 Å². The maximum atomic E-state index is 12.7. The summed E-state index contributed by atoms with van der Waals surface area (Å²) in [6, 6.07) is 5.48. The van der Waals surface area contributed by atoms with Crippen molar-refractivity contribution >= 4 is 40.0 Å². The summed E-state index contributed by atoms with van der Waals surface area (Å²) >= 11 is 0. The van der Waals surface area contributed by atoms with Gasteiger partial charge in [-0.3, -0.25) is 9.89 Å². The van der Waals surface area contributed by atoms with Gasteiger partial charge in [-0.1, -0.05) is 12.1 Å². The number of likely N-dealkylation sites (tertiary alicyclic amines) is 1. The molecule has 31 heavy (non-hydrogen) atoms. The SMILES string of the molecule is CCNC(=NCCCNS(C)(=O)=O)NC1CCN(Cc2ccc(C(F)(F)F)cc2)C1.I. The maximum absolute atomic E-state index is 12.7. The molecule has 1 fully saturated rings. The predicted octanol–water partition coefficient (Wildman–Crippen LogP) is 2.39. The van der Waals surface area contributed by atoms with Gasteiger partial charge in [0.25, 0.3) is 0 Å². The topological polar surface area (TPSA) is 85.8 Å². The van der Waals surface area contributed by atoms with Gasteiger partial charge in [-0.05, 0) is 37.5 Å². The van der Waals surface area contributed by atoms with Crippen LogP contribution in [0.1, 0.15) is 30.9 Å². The van der Waals surface area contributed by atoms with E-state index in [1.807, 2.05) is 6.92 Å². The molecule has 178 valence electrons. The standard InChI is InChI=1S/C19H30F3N5O2S.HI/c1-3-23-18(24-10-4-11-25-30(2,28)29)26-17-9-12-27(14-17)13-15-5-7-16(8-6-15)19(20,21)22;/h5-8,17,25H,3-4,9-14H2,1-2H3,(H2,23,24,26);1H. The van der Waals surface area contributed by atoms with Gasteiger partial charge in [0.1, 0.15) is 0 Å². The second-order valence-corrected chi connectivity index (χ2v) is 9.17. The molecule has 0 aliphatic carbocycles. The van der Waals surface area contributed by atoms with Crippen molar-refractivity contribution in [3.05, 3.63) is 35.4 Å². The Morgan fingerprint density at radius 3 is 2.52 bits per heavy atom. The average molecular weight is 577 g/mol. The number of alkyl halides is 3. The van der Waals surface area contributed by atoms with Gasteiger partial charge in [0, 0.05) is 45.3 Å². The minimum absolute atomic E-state index is 0. The minimum Gasteiger partial charge on any atom is -0.357 e. The van der Waals surface area contributed by atoms with Crippen molar-refractivity contribution in [1.82, 2.24) is 20.3 Å². The van der Waals surface area contributed by atoms with E-state index in [-0.39, 0.29) is 30.0 Å². The summed E-state index contributed by atoms with van der Waals surface area (Å²) in [7, 11) is -3.19. The third-order valence-electron chi connectivity index (χ3n) is 4.61. The molecule has 2 rings (SSSR count). The number of nitrogens with zero attached hydrogens (tertiary/aromatic N) is 2. The molecule has 1 heterocycles. The van der Waals surface area contributed by atoms with Crippen molar-refractivity contribution in [2.24, 2.45) is 4.99 Å². The third kappa shape index (κ3) is 10.8. The molecule has 1 aliphatic rings. The maximum Gasteiger partial charge on any atom is 0.416 e. The van der Waals surface area contributed by atoms with E-state index in [1.165, 1.54) is 12.1 Å². The largest absolute Gasteiger partial charge is 0.416 e. The highest BCUT2D eigenvalue weighted by molar-refractivity contribution is 14.0. The number of hydrogen-bond acceptors (Lipinski definition) is 4. The van der Waals surface area contributed by atoms with Crippen LogP contribution in [0.15, 0.2) is 29.3 Å². The van der Waals surface area contributed by atoms with Gasteiger partial charge in [0.15, 0.2) is 5.96 Å². The molecule has 1 aliphatic heterocycles. The van der Waals surface area contributed by atoms with Crippen LogP contribution in [0.3, 0.4) is 0 Å². The first-order chi connectivity index (χ1) is 14.1. The Hall–Kier alpha value is -1.12. The van der Waals surface area contributed by atoms with E-state index in [2.05, 4.69) is 25.2 Å². The molecule has 1 aromatic carbocycles. The first-order valence-electron chi connectivity index (χ1n) is 9.95. The van der Waals surface area contributed by atoms with Crippen molar-refractivity contribution in [3.8, 4) is 0 Å². The normalized spacial score (nSPS) is 18.0. The molecular weight excluding hydrogens is 546 g/mol. The van der Waals surface area contributed by atoms with Gasteiger partial charge in [0.2, 0.25) is 10.0 Å². The van der Waals surface area contributed by atoms with Crippen LogP contribution >= 0.6 is 24.0 Å². The number of rotatable bonds is 9. The van der Waals surface area contributed by atoms with Crippen LogP contribution in [0.2, 0.25) is 0 Å². The second kappa shape index (κ2) is 12.8. The zero-order valence-corrected chi connectivity index (χ0v) is 20.9. The van der Waals surface area contributed by atoms with Gasteiger partial charge in [-0.15, -0.1) is 24.0 Å². The van der Waals surface area contributed by atoms with E-state index in [0.717, 1.165) is 43.5 Å². The van der Waals surface area contributed by atoms with Crippen LogP contribution in [0.4, 0.5) is 13.2 Å². The van der Waals surface area contributed by atoms with Crippen LogP contribution in [0.25, 0.3) is 0 Å². The van der Waals surface area contributed by atoms with E-state index < -0.39 is 21.8 Å². The minimum atomic E-state index is -4.32. The molecule has 7 nitrogen and oxygen atoms in total. The average Bonchev–Trinajstić information content (AvgIpc) is 3.07. The number of hydrogen-bond donors (Lipinski definition) is 3. The summed E-state index contributed by atoms with van der Waals surface area (Å²) < 4.78 is 62.6. The first kappa shape index (κ1) is 27.9. The fourth-order valence-corrected chi connectivity index (χ4v) is 3.71. The third-order valence-corrected chi connectivity index (χ3v) is 5.34. The lowest BCUT2D eigenvalue weighted by atomic mass is 10.1. The lowest BCUT2D eigenvalue weighted by Crippen LogP contribution is -2.44. The molecule has 1 atom stereocenters. The quantitative estimate of drug-likeness (QED) is 0.182. The summed E-state index contributed by atoms with van der Waals surface area (Å²) in [5.41, 5.74) is 0.216. The molecule has 0 spiro atoms. The summed E-state index contributed by atoms with van der Waals surface area (Å²) in [6.07, 6.45) is -1.70. The van der Waals surface area contributed by atoms with E-state index in [4.69, 9.17) is 0 Å². The monoisotopic (exact) mass is 577 g/mol. The number of guanidine groups is 1. The lowest BCUT2D eigenvalue weighted by molar-refractivity contribution is -0.137. The first-order valence-corrected chi connectivity index (χ1v) is 11.8. The van der Waals surface area contributed by atoms with Crippen molar-refractivity contribution in [3.63, 3.8) is 0 Å². The summed E-state index contributed by atoms with van der Waals surface area (Å²) in [4.78, 5) is 6.67. The fourth-order valence-electron chi connectivity index (χ4n) is 3.19. The second-order valence-electron chi connectivity index (χ2n) is 7.34. The van der Waals surface area contributed by atoms with E-state index in [9.17, 15) is 21.6 Å². The number of sulfonamides is 1. The van der Waals surface area contributed by atoms with Crippen LogP contribution in [0, 0.1) is 0 Å². The highest BCUT2D eigenvalue weighted by atomic mass is 127. The molecule has 0 bridgehead atoms. The Morgan fingerprint density at radius 2 is 1.94 bits per heavy atom. The molecule has 1 saturated heterocycles. The molecule has 0 saturated carbocycles. The molecule has 1 unspecified atom stereocenters. The van der Waals surface area contributed by atoms with Crippen molar-refractivity contribution < 1.29 is 21.6 Å². The van der Waals surface area contributed by atoms with E-state index >= 15 is 0 Å². The van der Waals surface area contributed by atoms with Crippen LogP contribution in [-0.4, -0.2) is 64.3 Å². The van der Waals surface area contributed by atoms with Crippen molar-refractivity contribution in [1.29, 1.82) is 0 Å². The zero-order chi connectivity index (χ0) is 22.2. The van der Waals surface area contributed by atoms with Crippen LogP contribution < -0.4 is 15.4 Å². The molecule has 0 amide bonds. The summed E-state index contributed by atoms with van der Waals surface area (Å²) in [5.74, 6) is 0.679. The molecule has 3 N–H and O–H groups in total. The molecule has 12 heteroatoms. The van der Waals surface area contributed by atoms with E-state index in [0.29, 0.717) is 38.6 Å². The number of benzene rings is 1. The van der Waals surface area contributed by atoms with Gasteiger partial charge in [-0.25, -0.2) is 13.1 Å². The molecular formula is C19H31F3IN5O2S. The zero-order valence-electron chi connectivity index (χ0n) is 17.7. The predicted molar refractivity (Wildman–Crippen MR) is 127 cm³/mol. The molecule has 0 radical (unpaired) electrons. The Kier molecular flexibility index (Phi) is 11.5. The molecule has 1 aromatic rings. The molecule has 0 aromatic heterocycles. The van der Waals surface area contributed by atoms with Crippen LogP contribution in [0.5, 0.6) is 0 Å². The fraction of sp³-hybridized carbons (Fsp3) is 0.632. The van der Waals surface area contributed by atoms with E-state index in [1.54, 1.807) is 0 Å². The Morgan fingerprint density at radius 1 is 1.26 bits per heavy atom. The van der Waals surface area contributed by atoms with Gasteiger partial charge < -0.3 is 10.6 Å². The number of halogens is 4. The van der Waals surface area contributed by atoms with Gasteiger partial charge >= 0.3 is 6.18 Å². The van der Waals surface area contributed by atoms with Crippen LogP contribution in [-0.2, 0) is 22.7 Å². The van der Waals surface area contributed by atoms with Crippen molar-refractivity contribution in [2.45, 2.75) is 38.5 Å². The van der Waals surface area contributed by atoms with Gasteiger partial charge in [0.05, 0.1) is 11.8 Å². The highest BCUT2D eigenvalue weighted by Crippen LogP contribution is 2.29. The Balaban J connectivity index is 0.00000480. The summed E-state index contributed by atoms with van der Waals surface area (Å²) in [5, 5.41) is 6.56. The number of aliphatic imine (C=N–C) groups is 1. The lowest BCUT2D eigenvalue weighted by Gasteiger charge is -2.19. The highest BCUT2D eigenvalue weighted by Gasteiger charge is 2.30. The summed E-state index contributed by atoms with van der Waals surface area (Å²) in [6.45, 7) is 5.70. The number of nitrogens with one attached hydrogen (secondary N) is 3. The van der Waals surface area contributed by atoms with Gasteiger partial charge in [-0.2, -0.15) is 13.2 Å². The van der Waals surface area contributed by atoms with Crippen molar-refractivity contribution in [2.75, 3.05) is 39.0 Å². The Bertz CT molecular complexity index is 804. The smallest absolute Gasteiger partial charge is 0.357 e.